The molecule has 1 amide bonds. The molecule has 0 aromatic rings. The fourth-order valence-electron chi connectivity index (χ4n) is 1.21. The van der Waals surface area contributed by atoms with Crippen LogP contribution in [0.3, 0.4) is 0 Å². The zero-order valence-electron chi connectivity index (χ0n) is 9.05. The third-order valence-corrected chi connectivity index (χ3v) is 4.83. The fraction of sp³-hybridized carbons (Fsp3) is 0.857. The molecule has 1 unspecified atom stereocenters. The first kappa shape index (κ1) is 16.2. The lowest BCUT2D eigenvalue weighted by atomic mass is 10.2. The molecule has 0 heterocycles. The first-order valence-corrected chi connectivity index (χ1v) is 7.78. The van der Waals surface area contributed by atoms with E-state index < -0.39 is 31.4 Å². The highest BCUT2D eigenvalue weighted by molar-refractivity contribution is 6.82. The van der Waals surface area contributed by atoms with E-state index in [2.05, 4.69) is 0 Å². The fourth-order valence-corrected chi connectivity index (χ4v) is 3.03. The number of hydrogen-bond acceptors (Lipinski definition) is 1. The minimum atomic E-state index is -6.28. The van der Waals surface area contributed by atoms with Crippen LogP contribution in [0.4, 0.5) is 30.8 Å². The van der Waals surface area contributed by atoms with Crippen LogP contribution in [0, 0.1) is 0 Å². The predicted molar refractivity (Wildman–Crippen MR) is 47.4 cm³/mol. The van der Waals surface area contributed by atoms with Gasteiger partial charge in [0.05, 0.1) is 0 Å². The largest absolute Gasteiger partial charge is 0.456 e. The minimum absolute atomic E-state index is 0.0311. The maximum atomic E-state index is 13.9. The van der Waals surface area contributed by atoms with Crippen LogP contribution in [-0.4, -0.2) is 31.4 Å². The Morgan fingerprint density at radius 3 is 1.53 bits per heavy atom. The molecule has 0 rings (SSSR count). The van der Waals surface area contributed by atoms with Crippen molar-refractivity contribution in [1.82, 2.24) is 5.54 Å². The van der Waals surface area contributed by atoms with Gasteiger partial charge in [0.25, 0.3) is 5.91 Å². The number of carbonyl (C=O) groups excluding carboxylic acids is 1. The van der Waals surface area contributed by atoms with Gasteiger partial charge in [-0.05, 0) is 0 Å². The Morgan fingerprint density at radius 2 is 1.35 bits per heavy atom. The Bertz CT molecular complexity index is 310. The molecular weight excluding hydrogens is 275 g/mol. The van der Waals surface area contributed by atoms with Gasteiger partial charge in [0.1, 0.15) is 8.07 Å². The van der Waals surface area contributed by atoms with E-state index in [4.69, 9.17) is 0 Å². The van der Waals surface area contributed by atoms with Gasteiger partial charge in [0, 0.05) is 0 Å². The molecule has 0 aliphatic rings. The molecule has 1 atom stereocenters. The average molecular weight is 285 g/mol. The number of nitrogens with one attached hydrogen (secondary N) is 1. The van der Waals surface area contributed by atoms with Crippen molar-refractivity contribution < 1.29 is 35.6 Å². The molecule has 0 spiro atoms. The van der Waals surface area contributed by atoms with Crippen LogP contribution in [-0.2, 0) is 4.79 Å². The molecule has 0 saturated heterocycles. The number of alkyl halides is 6. The predicted octanol–water partition coefficient (Wildman–Crippen LogP) is 2.77. The molecule has 0 bridgehead atoms. The van der Waals surface area contributed by atoms with Crippen LogP contribution in [0.2, 0.25) is 19.6 Å². The van der Waals surface area contributed by atoms with Crippen molar-refractivity contribution in [3.8, 4) is 0 Å². The van der Waals surface area contributed by atoms with Crippen LogP contribution < -0.4 is 5.54 Å². The first-order valence-electron chi connectivity index (χ1n) is 4.28. The molecule has 0 aliphatic heterocycles. The molecule has 10 heteroatoms. The van der Waals surface area contributed by atoms with Gasteiger partial charge < -0.3 is 0 Å². The van der Waals surface area contributed by atoms with E-state index in [-0.39, 0.29) is 5.54 Å². The molecule has 0 radical (unpaired) electrons. The van der Waals surface area contributed by atoms with Gasteiger partial charge in [0.15, 0.2) is 0 Å². The summed E-state index contributed by atoms with van der Waals surface area (Å²) in [6.07, 6.45) is -6.28. The summed E-state index contributed by atoms with van der Waals surface area (Å²) in [6, 6.07) is 0. The van der Waals surface area contributed by atoms with Gasteiger partial charge in [-0.2, -0.15) is 27.5 Å². The maximum Gasteiger partial charge on any atom is 0.456 e. The number of carbonyl (C=O) groups is 1. The lowest BCUT2D eigenvalue weighted by Crippen LogP contribution is -2.71. The van der Waals surface area contributed by atoms with Gasteiger partial charge in [-0.3, -0.25) is 4.79 Å². The number of hydrogen-bond donors (Lipinski definition) is 1. The van der Waals surface area contributed by atoms with Crippen LogP contribution >= 0.6 is 0 Å². The van der Waals surface area contributed by atoms with Crippen molar-refractivity contribution >= 4 is 14.0 Å². The topological polar surface area (TPSA) is 29.1 Å². The van der Waals surface area contributed by atoms with Gasteiger partial charge in [-0.15, -0.1) is 4.48 Å². The van der Waals surface area contributed by atoms with E-state index in [0.717, 1.165) is 19.6 Å². The molecule has 102 valence electrons. The number of amides is 1. The Kier molecular flexibility index (Phi) is 3.95. The molecule has 1 N–H and O–H groups in total. The zero-order valence-corrected chi connectivity index (χ0v) is 10.1. The Morgan fingerprint density at radius 1 is 1.00 bits per heavy atom. The zero-order chi connectivity index (χ0) is 14.3. The van der Waals surface area contributed by atoms with Gasteiger partial charge >= 0.3 is 12.1 Å². The van der Waals surface area contributed by atoms with Gasteiger partial charge in [-0.1, -0.05) is 19.6 Å². The van der Waals surface area contributed by atoms with Crippen LogP contribution in [0.25, 0.3) is 0 Å². The average Bonchev–Trinajstić information content (AvgIpc) is 2.11. The lowest BCUT2D eigenvalue weighted by Gasteiger charge is -2.39. The van der Waals surface area contributed by atoms with E-state index >= 15 is 0 Å². The van der Waals surface area contributed by atoms with E-state index in [1.165, 1.54) is 0 Å². The molecule has 0 aliphatic carbocycles. The van der Waals surface area contributed by atoms with Crippen molar-refractivity contribution in [3.05, 3.63) is 0 Å². The molecule has 0 saturated carbocycles. The van der Waals surface area contributed by atoms with Crippen molar-refractivity contribution in [2.45, 2.75) is 37.0 Å². The maximum absolute atomic E-state index is 13.9. The summed E-state index contributed by atoms with van der Waals surface area (Å²) in [7, 11) is -4.03. The molecule has 2 nitrogen and oxygen atoms in total. The quantitative estimate of drug-likeness (QED) is 0.482. The molecular formula is C7H10F7NOSi. The second kappa shape index (κ2) is 4.14. The third-order valence-electron chi connectivity index (χ3n) is 2.22. The van der Waals surface area contributed by atoms with E-state index in [1.807, 2.05) is 0 Å². The number of rotatable bonds is 3. The van der Waals surface area contributed by atoms with Crippen LogP contribution in [0.15, 0.2) is 0 Å². The smallest absolute Gasteiger partial charge is 0.269 e. The SMILES string of the molecule is C[Si](C)(C)C(F)(C(=O)NF)C(F)(F)C(F)(F)F. The Labute approximate surface area is 93.1 Å². The number of halogens is 7. The van der Waals surface area contributed by atoms with Crippen molar-refractivity contribution in [2.24, 2.45) is 0 Å². The summed E-state index contributed by atoms with van der Waals surface area (Å²) >= 11 is 0. The molecule has 0 fully saturated rings. The minimum Gasteiger partial charge on any atom is -0.269 e. The second-order valence-corrected chi connectivity index (χ2v) is 9.59. The molecule has 0 aromatic heterocycles. The van der Waals surface area contributed by atoms with E-state index in [9.17, 15) is 35.6 Å². The lowest BCUT2D eigenvalue weighted by molar-refractivity contribution is -0.309. The highest BCUT2D eigenvalue weighted by atomic mass is 28.3. The highest BCUT2D eigenvalue weighted by Gasteiger charge is 2.78. The highest BCUT2D eigenvalue weighted by Crippen LogP contribution is 2.49. The summed E-state index contributed by atoms with van der Waals surface area (Å²) in [6.45, 7) is 2.30. The van der Waals surface area contributed by atoms with E-state index in [1.54, 1.807) is 0 Å². The summed E-state index contributed by atoms with van der Waals surface area (Å²) in [5.41, 5.74) is 0.0311. The van der Waals surface area contributed by atoms with Crippen LogP contribution in [0.1, 0.15) is 0 Å². The summed E-state index contributed by atoms with van der Waals surface area (Å²) in [5, 5.41) is -4.62. The molecule has 0 aromatic carbocycles. The Balaban J connectivity index is 5.92. The van der Waals surface area contributed by atoms with Crippen LogP contribution in [0.5, 0.6) is 0 Å². The summed E-state index contributed by atoms with van der Waals surface area (Å²) < 4.78 is 88.0. The Hall–Kier alpha value is -0.803. The monoisotopic (exact) mass is 285 g/mol. The second-order valence-electron chi connectivity index (χ2n) is 4.40. The van der Waals surface area contributed by atoms with E-state index in [0.29, 0.717) is 0 Å². The van der Waals surface area contributed by atoms with Crippen molar-refractivity contribution in [2.75, 3.05) is 0 Å². The summed E-state index contributed by atoms with van der Waals surface area (Å²) in [4.78, 5) is 10.8. The van der Waals surface area contributed by atoms with Crippen molar-refractivity contribution in [3.63, 3.8) is 0 Å². The standard InChI is InChI=1S/C7H10F7NOSi/c1-17(2,3)5(8,4(16)15-14)6(9,10)7(11,12)13/h1-3H3,(H,15,16). The molecule has 17 heavy (non-hydrogen) atoms. The first-order chi connectivity index (χ1) is 7.23. The summed E-state index contributed by atoms with van der Waals surface area (Å²) in [5.74, 6) is -8.57. The van der Waals surface area contributed by atoms with Gasteiger partial charge in [-0.25, -0.2) is 4.39 Å². The normalized spacial score (nSPS) is 17.5. The van der Waals surface area contributed by atoms with Gasteiger partial charge in [0.2, 0.25) is 5.29 Å². The third kappa shape index (κ3) is 2.26. The van der Waals surface area contributed by atoms with Crippen molar-refractivity contribution in [1.29, 1.82) is 0 Å².